The Kier molecular flexibility index (Phi) is 7.19. The Bertz CT molecular complexity index is 1170. The van der Waals surface area contributed by atoms with E-state index in [0.29, 0.717) is 24.2 Å². The van der Waals surface area contributed by atoms with Crippen molar-refractivity contribution >= 4 is 12.2 Å². The molecule has 5 N–H and O–H groups in total. The topological polar surface area (TPSA) is 109 Å². The molecule has 3 aromatic rings. The van der Waals surface area contributed by atoms with Gasteiger partial charge in [-0.25, -0.2) is 19.8 Å². The van der Waals surface area contributed by atoms with Crippen molar-refractivity contribution in [3.8, 4) is 5.75 Å². The Morgan fingerprint density at radius 1 is 1.15 bits per heavy atom. The third kappa shape index (κ3) is 5.07. The molecule has 174 valence electrons. The van der Waals surface area contributed by atoms with E-state index in [-0.39, 0.29) is 23.9 Å². The molecule has 2 unspecified atom stereocenters. The largest absolute Gasteiger partial charge is 0.508 e. The molecule has 2 amide bonds. The van der Waals surface area contributed by atoms with Crippen LogP contribution in [-0.4, -0.2) is 39.4 Å². The van der Waals surface area contributed by atoms with E-state index in [1.165, 1.54) is 6.20 Å². The normalized spacial score (nSPS) is 19.0. The SMILES string of the molecule is CN1C(c2cccnc2)CC(c2ccccc2O)N1C(=O)NC(C=[NH+]Cc1ccccc1)=CN. The Morgan fingerprint density at radius 3 is 2.62 bits per heavy atom. The van der Waals surface area contributed by atoms with Gasteiger partial charge in [0, 0.05) is 36.8 Å². The lowest BCUT2D eigenvalue weighted by atomic mass is 9.97. The molecule has 0 aliphatic carbocycles. The van der Waals surface area contributed by atoms with Crippen LogP contribution in [0.15, 0.2) is 91.0 Å². The van der Waals surface area contributed by atoms with E-state index in [1.54, 1.807) is 35.7 Å². The Hall–Kier alpha value is -4.17. The number of nitrogens with one attached hydrogen (secondary N) is 2. The molecule has 1 aromatic heterocycles. The molecule has 8 heteroatoms. The van der Waals surface area contributed by atoms with E-state index in [4.69, 9.17) is 5.73 Å². The van der Waals surface area contributed by atoms with Gasteiger partial charge in [0.1, 0.15) is 11.4 Å². The van der Waals surface area contributed by atoms with Crippen LogP contribution >= 0.6 is 0 Å². The molecule has 4 rings (SSSR count). The molecule has 1 aliphatic rings. The van der Waals surface area contributed by atoms with Crippen molar-refractivity contribution in [2.24, 2.45) is 5.73 Å². The quantitative estimate of drug-likeness (QED) is 0.424. The standard InChI is InChI=1S/C26H28N6O2/c1-31-23(20-10-7-13-28-17-20)14-24(22-11-5-6-12-25(22)33)32(31)26(34)30-21(15-27)18-29-16-19-8-3-2-4-9-19/h2-13,15,17-18,23-24,33H,14,16,27H2,1H3,(H,30,34)/p+1. The first-order valence-electron chi connectivity index (χ1n) is 11.1. The summed E-state index contributed by atoms with van der Waals surface area (Å²) in [6.45, 7) is 0.598. The number of allylic oxidation sites excluding steroid dienone is 1. The van der Waals surface area contributed by atoms with Crippen molar-refractivity contribution in [2.45, 2.75) is 25.0 Å². The number of amides is 2. The Balaban J connectivity index is 1.55. The molecule has 0 spiro atoms. The lowest BCUT2D eigenvalue weighted by molar-refractivity contribution is -0.469. The molecule has 2 heterocycles. The molecule has 0 radical (unpaired) electrons. The van der Waals surface area contributed by atoms with E-state index < -0.39 is 0 Å². The highest BCUT2D eigenvalue weighted by atomic mass is 16.3. The van der Waals surface area contributed by atoms with Crippen LogP contribution in [0.25, 0.3) is 0 Å². The van der Waals surface area contributed by atoms with Gasteiger partial charge in [-0.15, -0.1) is 0 Å². The second-order valence-electron chi connectivity index (χ2n) is 8.09. The third-order valence-electron chi connectivity index (χ3n) is 5.94. The fraction of sp³-hybridized carbons (Fsp3) is 0.192. The van der Waals surface area contributed by atoms with E-state index in [0.717, 1.165) is 11.1 Å². The average molecular weight is 458 g/mol. The van der Waals surface area contributed by atoms with Gasteiger partial charge in [0.05, 0.1) is 12.1 Å². The van der Waals surface area contributed by atoms with Crippen molar-refractivity contribution in [1.82, 2.24) is 20.3 Å². The highest BCUT2D eigenvalue weighted by Crippen LogP contribution is 2.45. The molecular weight excluding hydrogens is 428 g/mol. The number of nitrogens with two attached hydrogens (primary N) is 1. The maximum absolute atomic E-state index is 13.5. The molecule has 2 aromatic carbocycles. The van der Waals surface area contributed by atoms with Crippen molar-refractivity contribution in [2.75, 3.05) is 7.05 Å². The first-order chi connectivity index (χ1) is 16.6. The van der Waals surface area contributed by atoms with Gasteiger partial charge < -0.3 is 16.2 Å². The first-order valence-corrected chi connectivity index (χ1v) is 11.1. The predicted molar refractivity (Wildman–Crippen MR) is 130 cm³/mol. The van der Waals surface area contributed by atoms with Gasteiger partial charge in [-0.2, -0.15) is 0 Å². The van der Waals surface area contributed by atoms with Crippen LogP contribution in [0.5, 0.6) is 5.75 Å². The van der Waals surface area contributed by atoms with E-state index in [2.05, 4.69) is 15.3 Å². The van der Waals surface area contributed by atoms with Gasteiger partial charge in [0.15, 0.2) is 12.8 Å². The Labute approximate surface area is 199 Å². The van der Waals surface area contributed by atoms with Gasteiger partial charge in [-0.05, 0) is 24.1 Å². The molecule has 2 atom stereocenters. The number of hydrazine groups is 1. The second kappa shape index (κ2) is 10.6. The van der Waals surface area contributed by atoms with Gasteiger partial charge in [-0.1, -0.05) is 54.6 Å². The predicted octanol–water partition coefficient (Wildman–Crippen LogP) is 1.98. The third-order valence-corrected chi connectivity index (χ3v) is 5.94. The van der Waals surface area contributed by atoms with Crippen molar-refractivity contribution in [1.29, 1.82) is 0 Å². The monoisotopic (exact) mass is 457 g/mol. The molecule has 8 nitrogen and oxygen atoms in total. The summed E-state index contributed by atoms with van der Waals surface area (Å²) in [7, 11) is 1.86. The van der Waals surface area contributed by atoms with Crippen LogP contribution < -0.4 is 16.0 Å². The number of hydrogen-bond acceptors (Lipinski definition) is 5. The minimum absolute atomic E-state index is 0.0884. The van der Waals surface area contributed by atoms with Crippen molar-refractivity contribution in [3.05, 3.63) is 108 Å². The fourth-order valence-electron chi connectivity index (χ4n) is 4.25. The van der Waals surface area contributed by atoms with Crippen LogP contribution in [0.2, 0.25) is 0 Å². The number of carbonyl (C=O) groups excluding carboxylic acids is 1. The maximum Gasteiger partial charge on any atom is 0.337 e. The number of aromatic nitrogens is 1. The zero-order valence-corrected chi connectivity index (χ0v) is 19.0. The van der Waals surface area contributed by atoms with Crippen molar-refractivity contribution in [3.63, 3.8) is 0 Å². The number of phenols is 1. The number of aromatic hydroxyl groups is 1. The number of nitrogens with zero attached hydrogens (tertiary/aromatic N) is 3. The van der Waals surface area contributed by atoms with Crippen LogP contribution in [0.1, 0.15) is 35.2 Å². The van der Waals surface area contributed by atoms with E-state index >= 15 is 0 Å². The smallest absolute Gasteiger partial charge is 0.337 e. The molecule has 1 aliphatic heterocycles. The first kappa shape index (κ1) is 23.0. The molecule has 0 saturated carbocycles. The van der Waals surface area contributed by atoms with Gasteiger partial charge in [-0.3, -0.25) is 4.98 Å². The van der Waals surface area contributed by atoms with E-state index in [1.807, 2.05) is 66.7 Å². The molecule has 34 heavy (non-hydrogen) atoms. The number of hydrogen-bond donors (Lipinski definition) is 4. The number of urea groups is 1. The highest BCUT2D eigenvalue weighted by Gasteiger charge is 2.42. The Morgan fingerprint density at radius 2 is 1.91 bits per heavy atom. The minimum Gasteiger partial charge on any atom is -0.508 e. The lowest BCUT2D eigenvalue weighted by Crippen LogP contribution is -2.68. The zero-order valence-electron chi connectivity index (χ0n) is 19.0. The number of carbonyl (C=O) groups is 1. The van der Waals surface area contributed by atoms with Gasteiger partial charge >= 0.3 is 6.03 Å². The molecular formula is C26H29N6O2+. The van der Waals surface area contributed by atoms with Gasteiger partial charge in [0.2, 0.25) is 0 Å². The number of rotatable bonds is 6. The van der Waals surface area contributed by atoms with Gasteiger partial charge in [0.25, 0.3) is 0 Å². The molecule has 0 bridgehead atoms. The summed E-state index contributed by atoms with van der Waals surface area (Å²) in [5.74, 6) is 0.149. The summed E-state index contributed by atoms with van der Waals surface area (Å²) in [6, 6.07) is 20.1. The van der Waals surface area contributed by atoms with E-state index in [9.17, 15) is 9.90 Å². The minimum atomic E-state index is -0.368. The summed E-state index contributed by atoms with van der Waals surface area (Å²) in [4.78, 5) is 20.9. The maximum atomic E-state index is 13.5. The summed E-state index contributed by atoms with van der Waals surface area (Å²) >= 11 is 0. The van der Waals surface area contributed by atoms with Crippen LogP contribution in [0.3, 0.4) is 0 Å². The summed E-state index contributed by atoms with van der Waals surface area (Å²) in [6.07, 6.45) is 7.15. The number of pyridine rings is 1. The second-order valence-corrected chi connectivity index (χ2v) is 8.09. The summed E-state index contributed by atoms with van der Waals surface area (Å²) in [5, 5.41) is 16.9. The van der Waals surface area contributed by atoms with Crippen LogP contribution in [0, 0.1) is 0 Å². The lowest BCUT2D eigenvalue weighted by Gasteiger charge is -2.32. The summed E-state index contributed by atoms with van der Waals surface area (Å²) in [5.41, 5.74) is 9.02. The fourth-order valence-corrected chi connectivity index (χ4v) is 4.25. The zero-order chi connectivity index (χ0) is 23.9. The average Bonchev–Trinajstić information content (AvgIpc) is 3.21. The van der Waals surface area contributed by atoms with Crippen LogP contribution in [-0.2, 0) is 6.54 Å². The van der Waals surface area contributed by atoms with Crippen LogP contribution in [0.4, 0.5) is 4.79 Å². The summed E-state index contributed by atoms with van der Waals surface area (Å²) < 4.78 is 0. The van der Waals surface area contributed by atoms with Crippen molar-refractivity contribution < 1.29 is 14.9 Å². The highest BCUT2D eigenvalue weighted by molar-refractivity contribution is 5.85. The molecule has 1 saturated heterocycles. The number of phenolic OH excluding ortho intramolecular Hbond substituents is 1. The molecule has 1 fully saturated rings. The number of para-hydroxylation sites is 1. The number of benzene rings is 2.